The van der Waals surface area contributed by atoms with Crippen LogP contribution in [0.2, 0.25) is 0 Å². The molecule has 130 valence electrons. The molecule has 2 aromatic heterocycles. The summed E-state index contributed by atoms with van der Waals surface area (Å²) in [4.78, 5) is 4.05. The summed E-state index contributed by atoms with van der Waals surface area (Å²) >= 11 is 0. The van der Waals surface area contributed by atoms with E-state index in [2.05, 4.69) is 10.1 Å². The summed E-state index contributed by atoms with van der Waals surface area (Å²) in [6, 6.07) is 5.32. The Balaban J connectivity index is 1.76. The number of aliphatic hydroxyl groups is 1. The Morgan fingerprint density at radius 1 is 1.25 bits per heavy atom. The molecule has 1 atom stereocenters. The molecular weight excluding hydrogens is 323 g/mol. The fourth-order valence-electron chi connectivity index (χ4n) is 2.77. The summed E-state index contributed by atoms with van der Waals surface area (Å²) in [5, 5.41) is 13.5. The molecule has 0 spiro atoms. The van der Waals surface area contributed by atoms with Gasteiger partial charge in [0, 0.05) is 43.3 Å². The lowest BCUT2D eigenvalue weighted by Gasteiger charge is -2.24. The van der Waals surface area contributed by atoms with Crippen LogP contribution in [0, 0.1) is 0 Å². The average Bonchev–Trinajstić information content (AvgIpc) is 3.05. The molecule has 5 nitrogen and oxygen atoms in total. The topological polar surface area (TPSA) is 60.2 Å². The second-order valence-electron chi connectivity index (χ2n) is 5.80. The summed E-state index contributed by atoms with van der Waals surface area (Å²) in [6.45, 7) is 1.38. The average molecular weight is 341 g/mol. The van der Waals surface area contributed by atoms with Crippen LogP contribution in [0.3, 0.4) is 0 Å². The van der Waals surface area contributed by atoms with Crippen LogP contribution in [0.1, 0.15) is 24.6 Å². The zero-order chi connectivity index (χ0) is 17.2. The summed E-state index contributed by atoms with van der Waals surface area (Å²) in [6.07, 6.45) is -2.62. The van der Waals surface area contributed by atoms with Crippen LogP contribution in [0.15, 0.2) is 30.6 Å². The normalized spacial score (nSPS) is 17.8. The second kappa shape index (κ2) is 6.90. The van der Waals surface area contributed by atoms with Gasteiger partial charge < -0.3 is 9.84 Å². The van der Waals surface area contributed by atoms with E-state index in [4.69, 9.17) is 9.84 Å². The van der Waals surface area contributed by atoms with Crippen LogP contribution >= 0.6 is 0 Å². The third-order valence-electron chi connectivity index (χ3n) is 4.11. The first-order chi connectivity index (χ1) is 11.4. The van der Waals surface area contributed by atoms with Crippen molar-refractivity contribution in [2.45, 2.75) is 37.6 Å². The number of hydrogen-bond acceptors (Lipinski definition) is 4. The third-order valence-corrected chi connectivity index (χ3v) is 4.11. The number of hydrogen-bond donors (Lipinski definition) is 1. The largest absolute Gasteiger partial charge is 0.414 e. The number of aliphatic hydroxyl groups excluding tert-OH is 1. The Morgan fingerprint density at radius 3 is 2.62 bits per heavy atom. The standard InChI is InChI=1S/C16H18F3N3O2/c17-16(18,19)15(23)9-12-2-1-11(10-20-12)14-3-6-21-22(14)13-4-7-24-8-5-13/h1-3,6,10,13,15,23H,4-5,7-9H2. The van der Waals surface area contributed by atoms with Gasteiger partial charge in [-0.3, -0.25) is 9.67 Å². The fraction of sp³-hybridized carbons (Fsp3) is 0.500. The first-order valence-corrected chi connectivity index (χ1v) is 7.76. The molecule has 3 heterocycles. The zero-order valence-corrected chi connectivity index (χ0v) is 12.9. The van der Waals surface area contributed by atoms with Crippen molar-refractivity contribution in [3.05, 3.63) is 36.3 Å². The van der Waals surface area contributed by atoms with Crippen LogP contribution in [-0.4, -0.2) is 45.4 Å². The van der Waals surface area contributed by atoms with Crippen molar-refractivity contribution in [3.63, 3.8) is 0 Å². The predicted molar refractivity (Wildman–Crippen MR) is 80.3 cm³/mol. The molecule has 2 aromatic rings. The van der Waals surface area contributed by atoms with Gasteiger partial charge in [0.15, 0.2) is 6.10 Å². The number of ether oxygens (including phenoxy) is 1. The molecule has 1 aliphatic rings. The predicted octanol–water partition coefficient (Wildman–Crippen LogP) is 2.76. The molecule has 0 radical (unpaired) electrons. The molecule has 0 bridgehead atoms. The molecule has 1 aliphatic heterocycles. The van der Waals surface area contributed by atoms with E-state index in [0.717, 1.165) is 24.1 Å². The van der Waals surface area contributed by atoms with E-state index in [1.165, 1.54) is 12.3 Å². The Labute approximate surface area is 137 Å². The van der Waals surface area contributed by atoms with Crippen molar-refractivity contribution < 1.29 is 23.0 Å². The first kappa shape index (κ1) is 16.9. The molecular formula is C16H18F3N3O2. The lowest BCUT2D eigenvalue weighted by Crippen LogP contribution is -2.30. The summed E-state index contributed by atoms with van der Waals surface area (Å²) in [5.74, 6) is 0. The number of nitrogens with zero attached hydrogens (tertiary/aromatic N) is 3. The van der Waals surface area contributed by atoms with Gasteiger partial charge in [-0.05, 0) is 31.0 Å². The Bertz CT molecular complexity index is 664. The third kappa shape index (κ3) is 3.76. The van der Waals surface area contributed by atoms with Gasteiger partial charge in [-0.15, -0.1) is 0 Å². The highest BCUT2D eigenvalue weighted by Gasteiger charge is 2.38. The molecule has 1 fully saturated rings. The molecule has 0 amide bonds. The van der Waals surface area contributed by atoms with Crippen molar-refractivity contribution in [3.8, 4) is 11.3 Å². The quantitative estimate of drug-likeness (QED) is 0.929. The molecule has 8 heteroatoms. The van der Waals surface area contributed by atoms with E-state index in [1.807, 2.05) is 10.7 Å². The van der Waals surface area contributed by atoms with Crippen LogP contribution in [0.4, 0.5) is 13.2 Å². The monoisotopic (exact) mass is 341 g/mol. The number of pyridine rings is 1. The van der Waals surface area contributed by atoms with Crippen molar-refractivity contribution in [2.24, 2.45) is 0 Å². The number of halogens is 3. The van der Waals surface area contributed by atoms with Crippen molar-refractivity contribution >= 4 is 0 Å². The molecule has 1 N–H and O–H groups in total. The number of rotatable bonds is 4. The van der Waals surface area contributed by atoms with Crippen molar-refractivity contribution in [2.75, 3.05) is 13.2 Å². The maximum atomic E-state index is 12.4. The van der Waals surface area contributed by atoms with E-state index < -0.39 is 18.7 Å². The van der Waals surface area contributed by atoms with E-state index in [-0.39, 0.29) is 11.7 Å². The molecule has 24 heavy (non-hydrogen) atoms. The lowest BCUT2D eigenvalue weighted by molar-refractivity contribution is -0.203. The molecule has 1 saturated heterocycles. The highest BCUT2D eigenvalue weighted by atomic mass is 19.4. The van der Waals surface area contributed by atoms with Crippen LogP contribution in [0.25, 0.3) is 11.3 Å². The van der Waals surface area contributed by atoms with E-state index in [0.29, 0.717) is 13.2 Å². The fourth-order valence-corrected chi connectivity index (χ4v) is 2.77. The van der Waals surface area contributed by atoms with Crippen molar-refractivity contribution in [1.82, 2.24) is 14.8 Å². The summed E-state index contributed by atoms with van der Waals surface area (Å²) in [7, 11) is 0. The number of alkyl halides is 3. The molecule has 3 rings (SSSR count). The minimum absolute atomic E-state index is 0.195. The molecule has 0 aromatic carbocycles. The van der Waals surface area contributed by atoms with Crippen molar-refractivity contribution in [1.29, 1.82) is 0 Å². The zero-order valence-electron chi connectivity index (χ0n) is 12.9. The maximum Gasteiger partial charge on any atom is 0.414 e. The van der Waals surface area contributed by atoms with Gasteiger partial charge in [0.05, 0.1) is 11.7 Å². The number of aromatic nitrogens is 3. The second-order valence-corrected chi connectivity index (χ2v) is 5.80. The Hall–Kier alpha value is -1.93. The lowest BCUT2D eigenvalue weighted by atomic mass is 10.1. The summed E-state index contributed by atoms with van der Waals surface area (Å²) in [5.41, 5.74) is 1.85. The van der Waals surface area contributed by atoms with E-state index in [1.54, 1.807) is 12.3 Å². The highest BCUT2D eigenvalue weighted by molar-refractivity contribution is 5.58. The van der Waals surface area contributed by atoms with Gasteiger partial charge in [-0.25, -0.2) is 0 Å². The van der Waals surface area contributed by atoms with Gasteiger partial charge >= 0.3 is 6.18 Å². The van der Waals surface area contributed by atoms with Crippen LogP contribution in [0.5, 0.6) is 0 Å². The van der Waals surface area contributed by atoms with Gasteiger partial charge in [0.25, 0.3) is 0 Å². The van der Waals surface area contributed by atoms with E-state index >= 15 is 0 Å². The first-order valence-electron chi connectivity index (χ1n) is 7.76. The smallest absolute Gasteiger partial charge is 0.383 e. The maximum absolute atomic E-state index is 12.4. The molecule has 1 unspecified atom stereocenters. The van der Waals surface area contributed by atoms with Gasteiger partial charge in [-0.2, -0.15) is 18.3 Å². The highest BCUT2D eigenvalue weighted by Crippen LogP contribution is 2.28. The minimum atomic E-state index is -4.64. The minimum Gasteiger partial charge on any atom is -0.383 e. The molecule has 0 saturated carbocycles. The van der Waals surface area contributed by atoms with Gasteiger partial charge in [-0.1, -0.05) is 0 Å². The Morgan fingerprint density at radius 2 is 2.00 bits per heavy atom. The molecule has 0 aliphatic carbocycles. The van der Waals surface area contributed by atoms with Crippen LogP contribution < -0.4 is 0 Å². The van der Waals surface area contributed by atoms with E-state index in [9.17, 15) is 13.2 Å². The Kier molecular flexibility index (Phi) is 4.86. The SMILES string of the molecule is OC(Cc1ccc(-c2ccnn2C2CCOCC2)cn1)C(F)(F)F. The van der Waals surface area contributed by atoms with Gasteiger partial charge in [0.1, 0.15) is 0 Å². The van der Waals surface area contributed by atoms with Gasteiger partial charge in [0.2, 0.25) is 0 Å². The summed E-state index contributed by atoms with van der Waals surface area (Å²) < 4.78 is 44.5. The van der Waals surface area contributed by atoms with Crippen LogP contribution in [-0.2, 0) is 11.2 Å².